The molecular formula is C22H35N5O4. The summed E-state index contributed by atoms with van der Waals surface area (Å²) in [5.41, 5.74) is -0.564. The fraction of sp³-hybridized carbons (Fsp3) is 0.818. The second-order valence-corrected chi connectivity index (χ2v) is 10.6. The van der Waals surface area contributed by atoms with E-state index < -0.39 is 23.5 Å². The SMILES string of the molecule is C[C@@H](C#N)NC(=O)[C@@H]1[C@@H]2C(CN1C(=O)[C@@H](NC(=O)N1CCOCC1)C(C)(C)C)C2(C)C. The van der Waals surface area contributed by atoms with Gasteiger partial charge < -0.3 is 25.2 Å². The monoisotopic (exact) mass is 433 g/mol. The smallest absolute Gasteiger partial charge is 0.318 e. The lowest BCUT2D eigenvalue weighted by molar-refractivity contribution is -0.143. The molecule has 0 aromatic heterocycles. The van der Waals surface area contributed by atoms with Crippen molar-refractivity contribution in [3.05, 3.63) is 0 Å². The molecule has 2 saturated heterocycles. The summed E-state index contributed by atoms with van der Waals surface area (Å²) in [6.07, 6.45) is 0. The molecule has 3 aliphatic rings. The molecule has 172 valence electrons. The van der Waals surface area contributed by atoms with Gasteiger partial charge in [0.25, 0.3) is 0 Å². The molecule has 2 aliphatic heterocycles. The third kappa shape index (κ3) is 4.49. The van der Waals surface area contributed by atoms with E-state index in [0.29, 0.717) is 32.8 Å². The zero-order chi connectivity index (χ0) is 23.1. The number of ether oxygens (including phenoxy) is 1. The maximum absolute atomic E-state index is 13.7. The number of carbonyl (C=O) groups is 3. The lowest BCUT2D eigenvalue weighted by atomic mass is 9.85. The van der Waals surface area contributed by atoms with E-state index in [4.69, 9.17) is 10.00 Å². The minimum atomic E-state index is -0.771. The van der Waals surface area contributed by atoms with Gasteiger partial charge in [-0.15, -0.1) is 0 Å². The summed E-state index contributed by atoms with van der Waals surface area (Å²) in [6.45, 7) is 14.0. The van der Waals surface area contributed by atoms with Gasteiger partial charge in [0.1, 0.15) is 18.1 Å². The summed E-state index contributed by atoms with van der Waals surface area (Å²) in [4.78, 5) is 42.8. The molecule has 1 unspecified atom stereocenters. The number of hydrogen-bond acceptors (Lipinski definition) is 5. The Morgan fingerprint density at radius 1 is 1.16 bits per heavy atom. The number of carbonyl (C=O) groups excluding carboxylic acids is 3. The third-order valence-corrected chi connectivity index (χ3v) is 6.99. The van der Waals surface area contributed by atoms with E-state index >= 15 is 0 Å². The van der Waals surface area contributed by atoms with Gasteiger partial charge in [-0.3, -0.25) is 9.59 Å². The first-order valence-corrected chi connectivity index (χ1v) is 11.0. The second kappa shape index (κ2) is 8.30. The van der Waals surface area contributed by atoms with E-state index in [1.807, 2.05) is 26.8 Å². The van der Waals surface area contributed by atoms with Crippen molar-refractivity contribution in [1.82, 2.24) is 20.4 Å². The second-order valence-electron chi connectivity index (χ2n) is 10.6. The largest absolute Gasteiger partial charge is 0.378 e. The molecule has 0 spiro atoms. The van der Waals surface area contributed by atoms with Gasteiger partial charge >= 0.3 is 6.03 Å². The molecule has 1 aliphatic carbocycles. The lowest BCUT2D eigenvalue weighted by Gasteiger charge is -2.39. The lowest BCUT2D eigenvalue weighted by Crippen LogP contribution is -2.61. The zero-order valence-corrected chi connectivity index (χ0v) is 19.4. The third-order valence-electron chi connectivity index (χ3n) is 6.99. The molecule has 2 heterocycles. The van der Waals surface area contributed by atoms with Crippen molar-refractivity contribution in [2.75, 3.05) is 32.8 Å². The predicted molar refractivity (Wildman–Crippen MR) is 114 cm³/mol. The van der Waals surface area contributed by atoms with E-state index in [0.717, 1.165) is 0 Å². The van der Waals surface area contributed by atoms with Gasteiger partial charge in [0, 0.05) is 19.6 Å². The number of rotatable bonds is 4. The number of amides is 4. The number of nitrogens with one attached hydrogen (secondary N) is 2. The van der Waals surface area contributed by atoms with Crippen LogP contribution in [0.4, 0.5) is 4.79 Å². The Balaban J connectivity index is 1.80. The molecule has 9 nitrogen and oxygen atoms in total. The number of piperidine rings is 1. The number of fused-ring (bicyclic) bond motifs is 1. The molecule has 1 saturated carbocycles. The predicted octanol–water partition coefficient (Wildman–Crippen LogP) is 0.954. The highest BCUT2D eigenvalue weighted by Crippen LogP contribution is 2.65. The van der Waals surface area contributed by atoms with Crippen LogP contribution in [0, 0.1) is 34.0 Å². The number of urea groups is 1. The van der Waals surface area contributed by atoms with Crippen molar-refractivity contribution in [1.29, 1.82) is 5.26 Å². The number of nitrogens with zero attached hydrogens (tertiary/aromatic N) is 3. The van der Waals surface area contributed by atoms with E-state index in [9.17, 15) is 14.4 Å². The summed E-state index contributed by atoms with van der Waals surface area (Å²) >= 11 is 0. The van der Waals surface area contributed by atoms with Gasteiger partial charge in [-0.05, 0) is 29.6 Å². The van der Waals surface area contributed by atoms with Crippen molar-refractivity contribution in [2.24, 2.45) is 22.7 Å². The minimum absolute atomic E-state index is 0.0249. The molecule has 0 aromatic rings. The quantitative estimate of drug-likeness (QED) is 0.685. The zero-order valence-electron chi connectivity index (χ0n) is 19.4. The Bertz CT molecular complexity index is 778. The van der Waals surface area contributed by atoms with E-state index in [1.54, 1.807) is 16.7 Å². The fourth-order valence-electron chi connectivity index (χ4n) is 4.94. The van der Waals surface area contributed by atoms with Crippen molar-refractivity contribution >= 4 is 17.8 Å². The number of nitriles is 1. The molecule has 3 rings (SSSR count). The highest BCUT2D eigenvalue weighted by molar-refractivity contribution is 5.94. The van der Waals surface area contributed by atoms with Gasteiger partial charge in [-0.1, -0.05) is 34.6 Å². The Labute approximate surface area is 184 Å². The summed E-state index contributed by atoms with van der Waals surface area (Å²) < 4.78 is 5.30. The molecule has 0 aromatic carbocycles. The normalized spacial score (nSPS) is 28.7. The molecule has 0 bridgehead atoms. The number of hydrogen-bond donors (Lipinski definition) is 2. The van der Waals surface area contributed by atoms with E-state index in [2.05, 4.69) is 24.5 Å². The van der Waals surface area contributed by atoms with Crippen LogP contribution in [-0.2, 0) is 14.3 Å². The summed E-state index contributed by atoms with van der Waals surface area (Å²) in [5, 5.41) is 14.7. The van der Waals surface area contributed by atoms with Gasteiger partial charge in [-0.25, -0.2) is 4.79 Å². The first kappa shape index (κ1) is 23.3. The van der Waals surface area contributed by atoms with Gasteiger partial charge in [0.15, 0.2) is 0 Å². The van der Waals surface area contributed by atoms with Crippen LogP contribution >= 0.6 is 0 Å². The average Bonchev–Trinajstić information content (AvgIpc) is 3.05. The minimum Gasteiger partial charge on any atom is -0.378 e. The standard InChI is InChI=1S/C22H35N5O4/c1-13(11-23)24-18(28)16-15-14(22(15,5)6)12-27(16)19(29)17(21(2,3)4)25-20(30)26-7-9-31-10-8-26/h13-17H,7-10,12H2,1-6H3,(H,24,28)(H,25,30)/t13-,14?,15-,16-,17+/m0/s1. The molecule has 31 heavy (non-hydrogen) atoms. The number of likely N-dealkylation sites (tertiary alicyclic amines) is 1. The fourth-order valence-corrected chi connectivity index (χ4v) is 4.94. The van der Waals surface area contributed by atoms with E-state index in [1.165, 1.54) is 0 Å². The van der Waals surface area contributed by atoms with Crippen LogP contribution in [0.3, 0.4) is 0 Å². The van der Waals surface area contributed by atoms with Crippen LogP contribution in [-0.4, -0.2) is 78.6 Å². The van der Waals surface area contributed by atoms with Crippen molar-refractivity contribution < 1.29 is 19.1 Å². The molecule has 3 fully saturated rings. The molecule has 2 N–H and O–H groups in total. The van der Waals surface area contributed by atoms with Crippen LogP contribution in [0.25, 0.3) is 0 Å². The molecular weight excluding hydrogens is 398 g/mol. The van der Waals surface area contributed by atoms with Crippen LogP contribution < -0.4 is 10.6 Å². The summed E-state index contributed by atoms with van der Waals surface area (Å²) in [7, 11) is 0. The van der Waals surface area contributed by atoms with Crippen molar-refractivity contribution in [2.45, 2.75) is 59.7 Å². The average molecular weight is 434 g/mol. The Morgan fingerprint density at radius 2 is 1.77 bits per heavy atom. The topological polar surface area (TPSA) is 115 Å². The van der Waals surface area contributed by atoms with Gasteiger partial charge in [-0.2, -0.15) is 5.26 Å². The molecule has 0 radical (unpaired) electrons. The van der Waals surface area contributed by atoms with Gasteiger partial charge in [0.05, 0.1) is 19.3 Å². The first-order chi connectivity index (χ1) is 14.4. The first-order valence-electron chi connectivity index (χ1n) is 11.0. The van der Waals surface area contributed by atoms with Crippen molar-refractivity contribution in [3.63, 3.8) is 0 Å². The highest BCUT2D eigenvalue weighted by atomic mass is 16.5. The molecule has 9 heteroatoms. The Morgan fingerprint density at radius 3 is 2.32 bits per heavy atom. The maximum Gasteiger partial charge on any atom is 0.318 e. The van der Waals surface area contributed by atoms with Gasteiger partial charge in [0.2, 0.25) is 11.8 Å². The molecule has 4 amide bonds. The maximum atomic E-state index is 13.7. The Hall–Kier alpha value is -2.34. The van der Waals surface area contributed by atoms with E-state index in [-0.39, 0.29) is 35.1 Å². The summed E-state index contributed by atoms with van der Waals surface area (Å²) in [6, 6.07) is -0.314. The van der Waals surface area contributed by atoms with Crippen LogP contribution in [0.15, 0.2) is 0 Å². The van der Waals surface area contributed by atoms with Crippen LogP contribution in [0.1, 0.15) is 41.5 Å². The van der Waals surface area contributed by atoms with Crippen molar-refractivity contribution in [3.8, 4) is 6.07 Å². The Kier molecular flexibility index (Phi) is 6.25. The highest BCUT2D eigenvalue weighted by Gasteiger charge is 2.69. The molecule has 5 atom stereocenters. The number of morpholine rings is 1. The van der Waals surface area contributed by atoms with Crippen LogP contribution in [0.5, 0.6) is 0 Å². The summed E-state index contributed by atoms with van der Waals surface area (Å²) in [5.74, 6) is -0.257. The van der Waals surface area contributed by atoms with Crippen LogP contribution in [0.2, 0.25) is 0 Å².